The monoisotopic (exact) mass is 274 g/mol. The first kappa shape index (κ1) is 11.5. The molecule has 3 nitrogen and oxygen atoms in total. The van der Waals surface area contributed by atoms with Gasteiger partial charge in [-0.05, 0) is 35.9 Å². The van der Waals surface area contributed by atoms with E-state index in [1.165, 1.54) is 6.07 Å². The summed E-state index contributed by atoms with van der Waals surface area (Å²) in [4.78, 5) is 7.58. The molecular formula is C10H5Cl3N2O. The van der Waals surface area contributed by atoms with Gasteiger partial charge in [0.1, 0.15) is 10.9 Å². The van der Waals surface area contributed by atoms with E-state index in [9.17, 15) is 0 Å². The van der Waals surface area contributed by atoms with E-state index in [0.717, 1.165) is 0 Å². The van der Waals surface area contributed by atoms with Gasteiger partial charge in [-0.25, -0.2) is 4.98 Å². The van der Waals surface area contributed by atoms with Gasteiger partial charge >= 0.3 is 0 Å². The van der Waals surface area contributed by atoms with Crippen LogP contribution in [-0.4, -0.2) is 9.97 Å². The van der Waals surface area contributed by atoms with Crippen molar-refractivity contribution in [1.82, 2.24) is 9.97 Å². The second-order valence-corrected chi connectivity index (χ2v) is 4.02. The molecule has 0 saturated carbocycles. The lowest BCUT2D eigenvalue weighted by molar-refractivity contribution is 0.461. The van der Waals surface area contributed by atoms with Crippen LogP contribution in [0.25, 0.3) is 0 Å². The molecular weight excluding hydrogens is 270 g/mol. The second kappa shape index (κ2) is 4.87. The van der Waals surface area contributed by atoms with Crippen molar-refractivity contribution in [3.63, 3.8) is 0 Å². The molecule has 0 aliphatic rings. The highest BCUT2D eigenvalue weighted by atomic mass is 35.5. The van der Waals surface area contributed by atoms with Crippen LogP contribution in [0.15, 0.2) is 30.3 Å². The lowest BCUT2D eigenvalue weighted by Crippen LogP contribution is -1.90. The molecule has 0 amide bonds. The Bertz CT molecular complexity index is 482. The summed E-state index contributed by atoms with van der Waals surface area (Å²) in [5.74, 6) is 0.877. The van der Waals surface area contributed by atoms with Crippen LogP contribution >= 0.6 is 34.8 Å². The molecule has 2 aromatic rings. The lowest BCUT2D eigenvalue weighted by Gasteiger charge is -2.04. The van der Waals surface area contributed by atoms with Crippen LogP contribution in [0.4, 0.5) is 0 Å². The standard InChI is InChI=1S/C10H5Cl3N2O/c11-6-1-3-7(4-2-6)16-9-5-8(12)14-10(13)15-9/h1-5H. The largest absolute Gasteiger partial charge is 0.439 e. The molecule has 82 valence electrons. The summed E-state index contributed by atoms with van der Waals surface area (Å²) in [5, 5.41) is 0.895. The van der Waals surface area contributed by atoms with Gasteiger partial charge in [0.2, 0.25) is 11.2 Å². The number of halogens is 3. The van der Waals surface area contributed by atoms with Gasteiger partial charge in [0, 0.05) is 11.1 Å². The van der Waals surface area contributed by atoms with E-state index >= 15 is 0 Å². The van der Waals surface area contributed by atoms with Crippen molar-refractivity contribution in [2.75, 3.05) is 0 Å². The van der Waals surface area contributed by atoms with Crippen molar-refractivity contribution in [3.05, 3.63) is 45.8 Å². The van der Waals surface area contributed by atoms with E-state index < -0.39 is 0 Å². The Balaban J connectivity index is 2.23. The summed E-state index contributed by atoms with van der Waals surface area (Å²) >= 11 is 17.1. The summed E-state index contributed by atoms with van der Waals surface area (Å²) < 4.78 is 5.42. The minimum atomic E-state index is 0.0384. The quantitative estimate of drug-likeness (QED) is 0.608. The highest BCUT2D eigenvalue weighted by Gasteiger charge is 2.03. The van der Waals surface area contributed by atoms with E-state index in [0.29, 0.717) is 10.8 Å². The lowest BCUT2D eigenvalue weighted by atomic mass is 10.3. The first-order valence-electron chi connectivity index (χ1n) is 4.27. The Hall–Kier alpha value is -1.03. The molecule has 1 aromatic heterocycles. The number of rotatable bonds is 2. The SMILES string of the molecule is Clc1ccc(Oc2cc(Cl)nc(Cl)n2)cc1. The summed E-state index contributed by atoms with van der Waals surface area (Å²) in [7, 11) is 0. The maximum atomic E-state index is 5.74. The molecule has 0 atom stereocenters. The third-order valence-corrected chi connectivity index (χ3v) is 2.29. The van der Waals surface area contributed by atoms with Crippen LogP contribution in [0.2, 0.25) is 15.5 Å². The predicted molar refractivity (Wildman–Crippen MR) is 63.6 cm³/mol. The number of nitrogens with zero attached hydrogens (tertiary/aromatic N) is 2. The fraction of sp³-hybridized carbons (Fsp3) is 0. The Labute approximate surface area is 107 Å². The van der Waals surface area contributed by atoms with Gasteiger partial charge in [-0.3, -0.25) is 0 Å². The molecule has 0 N–H and O–H groups in total. The average Bonchev–Trinajstić information content (AvgIpc) is 2.20. The van der Waals surface area contributed by atoms with Crippen LogP contribution in [0.1, 0.15) is 0 Å². The average molecular weight is 276 g/mol. The molecule has 0 radical (unpaired) electrons. The fourth-order valence-corrected chi connectivity index (χ4v) is 1.56. The van der Waals surface area contributed by atoms with Crippen LogP contribution in [0, 0.1) is 0 Å². The minimum absolute atomic E-state index is 0.0384. The van der Waals surface area contributed by atoms with Crippen molar-refractivity contribution in [3.8, 4) is 11.6 Å². The molecule has 0 fully saturated rings. The summed E-state index contributed by atoms with van der Waals surface area (Å²) in [6.07, 6.45) is 0. The fourth-order valence-electron chi connectivity index (χ4n) is 1.05. The first-order valence-corrected chi connectivity index (χ1v) is 5.40. The van der Waals surface area contributed by atoms with E-state index in [1.807, 2.05) is 0 Å². The Morgan fingerprint density at radius 1 is 0.938 bits per heavy atom. The van der Waals surface area contributed by atoms with Gasteiger partial charge in [-0.2, -0.15) is 4.98 Å². The van der Waals surface area contributed by atoms with Crippen LogP contribution < -0.4 is 4.74 Å². The Kier molecular flexibility index (Phi) is 3.49. The summed E-state index contributed by atoms with van der Waals surface area (Å²) in [6, 6.07) is 8.32. The summed E-state index contributed by atoms with van der Waals surface area (Å²) in [6.45, 7) is 0. The third-order valence-electron chi connectivity index (χ3n) is 1.68. The summed E-state index contributed by atoms with van der Waals surface area (Å²) in [5.41, 5.74) is 0. The number of hydrogen-bond acceptors (Lipinski definition) is 3. The Morgan fingerprint density at radius 3 is 2.25 bits per heavy atom. The third kappa shape index (κ3) is 2.98. The number of aromatic nitrogens is 2. The topological polar surface area (TPSA) is 35.0 Å². The van der Waals surface area contributed by atoms with Gasteiger partial charge in [-0.15, -0.1) is 0 Å². The van der Waals surface area contributed by atoms with Gasteiger partial charge in [-0.1, -0.05) is 23.2 Å². The molecule has 2 rings (SSSR count). The molecule has 0 unspecified atom stereocenters. The smallest absolute Gasteiger partial charge is 0.227 e. The number of benzene rings is 1. The molecule has 1 aromatic carbocycles. The Morgan fingerprint density at radius 2 is 1.62 bits per heavy atom. The molecule has 0 spiro atoms. The molecule has 0 aliphatic heterocycles. The highest BCUT2D eigenvalue weighted by molar-refractivity contribution is 6.31. The van der Waals surface area contributed by atoms with Gasteiger partial charge < -0.3 is 4.74 Å². The predicted octanol–water partition coefficient (Wildman–Crippen LogP) is 4.23. The van der Waals surface area contributed by atoms with Crippen molar-refractivity contribution >= 4 is 34.8 Å². The van der Waals surface area contributed by atoms with E-state index in [2.05, 4.69) is 9.97 Å². The second-order valence-electron chi connectivity index (χ2n) is 2.85. The van der Waals surface area contributed by atoms with Crippen LogP contribution in [0.3, 0.4) is 0 Å². The molecule has 6 heteroatoms. The van der Waals surface area contributed by atoms with E-state index in [-0.39, 0.29) is 16.3 Å². The van der Waals surface area contributed by atoms with Gasteiger partial charge in [0.25, 0.3) is 0 Å². The first-order chi connectivity index (χ1) is 7.63. The van der Waals surface area contributed by atoms with Crippen LogP contribution in [0.5, 0.6) is 11.6 Å². The van der Waals surface area contributed by atoms with Crippen molar-refractivity contribution in [2.45, 2.75) is 0 Å². The molecule has 0 saturated heterocycles. The number of hydrogen-bond donors (Lipinski definition) is 0. The van der Waals surface area contributed by atoms with Crippen molar-refractivity contribution in [1.29, 1.82) is 0 Å². The van der Waals surface area contributed by atoms with Crippen molar-refractivity contribution < 1.29 is 4.74 Å². The van der Waals surface area contributed by atoms with E-state index in [4.69, 9.17) is 39.5 Å². The highest BCUT2D eigenvalue weighted by Crippen LogP contribution is 2.24. The van der Waals surface area contributed by atoms with Crippen LogP contribution in [-0.2, 0) is 0 Å². The molecule has 16 heavy (non-hydrogen) atoms. The number of ether oxygens (including phenoxy) is 1. The zero-order chi connectivity index (χ0) is 11.5. The maximum absolute atomic E-state index is 5.74. The maximum Gasteiger partial charge on any atom is 0.227 e. The molecule has 1 heterocycles. The van der Waals surface area contributed by atoms with E-state index in [1.54, 1.807) is 24.3 Å². The van der Waals surface area contributed by atoms with Gasteiger partial charge in [0.15, 0.2) is 0 Å². The zero-order valence-corrected chi connectivity index (χ0v) is 10.1. The molecule has 0 bridgehead atoms. The van der Waals surface area contributed by atoms with Gasteiger partial charge in [0.05, 0.1) is 0 Å². The molecule has 0 aliphatic carbocycles. The van der Waals surface area contributed by atoms with Crippen molar-refractivity contribution in [2.24, 2.45) is 0 Å². The normalized spacial score (nSPS) is 10.2. The zero-order valence-electron chi connectivity index (χ0n) is 7.82. The minimum Gasteiger partial charge on any atom is -0.439 e.